The van der Waals surface area contributed by atoms with E-state index in [1.165, 1.54) is 0 Å². The highest BCUT2D eigenvalue weighted by Gasteiger charge is 2.16. The molecular weight excluding hydrogens is 542 g/mol. The molecule has 5 nitrogen and oxygen atoms in total. The van der Waals surface area contributed by atoms with Crippen LogP contribution < -0.4 is 0 Å². The van der Waals surface area contributed by atoms with E-state index in [1.54, 1.807) is 12.1 Å². The maximum atomic E-state index is 9.07. The Balaban J connectivity index is 1.28. The van der Waals surface area contributed by atoms with E-state index in [9.17, 15) is 0 Å². The van der Waals surface area contributed by atoms with Crippen LogP contribution in [0.15, 0.2) is 148 Å². The van der Waals surface area contributed by atoms with E-state index in [1.807, 2.05) is 72.8 Å². The second-order valence-corrected chi connectivity index (χ2v) is 10.2. The van der Waals surface area contributed by atoms with Crippen LogP contribution in [0.3, 0.4) is 0 Å². The maximum Gasteiger partial charge on any atom is 0.164 e. The van der Waals surface area contributed by atoms with Crippen molar-refractivity contribution in [3.63, 3.8) is 0 Å². The lowest BCUT2D eigenvalue weighted by Gasteiger charge is -2.09. The summed E-state index contributed by atoms with van der Waals surface area (Å²) in [5.74, 6) is 0.177. The smallest absolute Gasteiger partial charge is 0.164 e. The standard InChI is InChI=1S/C39H23N3O2/c1-2-8-24(9-3-1)25-14-16-26(17-15-25)37-40-38(27-18-20-31-29-10-4-6-12-33(29)43-35(31)22-27)42-39(41-37)28-19-21-32-30-11-5-7-13-34(30)44-36(32)23-28/h1-23H/i1D,2D,3D,8D,9D,14D,15D,16D,17D. The quantitative estimate of drug-likeness (QED) is 0.209. The van der Waals surface area contributed by atoms with Crippen LogP contribution in [0, 0.1) is 0 Å². The molecule has 0 aliphatic heterocycles. The molecule has 0 aliphatic rings. The van der Waals surface area contributed by atoms with Gasteiger partial charge >= 0.3 is 0 Å². The summed E-state index contributed by atoms with van der Waals surface area (Å²) >= 11 is 0. The third-order valence-corrected chi connectivity index (χ3v) is 7.51. The Morgan fingerprint density at radius 3 is 1.36 bits per heavy atom. The van der Waals surface area contributed by atoms with Crippen molar-refractivity contribution in [2.45, 2.75) is 0 Å². The lowest BCUT2D eigenvalue weighted by Crippen LogP contribution is -2.00. The lowest BCUT2D eigenvalue weighted by atomic mass is 10.0. The fraction of sp³-hybridized carbons (Fsp3) is 0. The van der Waals surface area contributed by atoms with Crippen LogP contribution in [0.1, 0.15) is 12.3 Å². The molecule has 0 aliphatic carbocycles. The zero-order valence-corrected chi connectivity index (χ0v) is 22.7. The first kappa shape index (κ1) is 17.1. The summed E-state index contributed by atoms with van der Waals surface area (Å²) in [6.07, 6.45) is 0. The topological polar surface area (TPSA) is 65.0 Å². The summed E-state index contributed by atoms with van der Waals surface area (Å²) in [6, 6.07) is 20.7. The number of benzene rings is 6. The Labute approximate surface area is 264 Å². The predicted molar refractivity (Wildman–Crippen MR) is 176 cm³/mol. The SMILES string of the molecule is [2H]c1c([2H])c([2H])c(-c2c([2H])c([2H])c(-c3nc(-c4ccc5c(c4)oc4ccccc45)nc(-c4ccc5c(c4)oc4ccccc45)n3)c([2H])c2[2H])c([2H])c1[2H]. The molecule has 206 valence electrons. The normalized spacial score (nSPS) is 14.5. The minimum Gasteiger partial charge on any atom is -0.456 e. The van der Waals surface area contributed by atoms with Crippen molar-refractivity contribution in [1.29, 1.82) is 0 Å². The molecule has 0 unspecified atom stereocenters. The fourth-order valence-corrected chi connectivity index (χ4v) is 5.40. The summed E-state index contributed by atoms with van der Waals surface area (Å²) in [7, 11) is 0. The highest BCUT2D eigenvalue weighted by molar-refractivity contribution is 6.06. The first-order valence-electron chi connectivity index (χ1n) is 18.3. The Bertz CT molecular complexity index is 2840. The van der Waals surface area contributed by atoms with Crippen LogP contribution >= 0.6 is 0 Å². The summed E-state index contributed by atoms with van der Waals surface area (Å²) in [5, 5.41) is 3.65. The molecule has 44 heavy (non-hydrogen) atoms. The van der Waals surface area contributed by atoms with Crippen molar-refractivity contribution >= 4 is 43.9 Å². The van der Waals surface area contributed by atoms with Crippen molar-refractivity contribution in [2.75, 3.05) is 0 Å². The van der Waals surface area contributed by atoms with Gasteiger partial charge in [0.05, 0.1) is 12.3 Å². The van der Waals surface area contributed by atoms with Crippen molar-refractivity contribution in [1.82, 2.24) is 15.0 Å². The van der Waals surface area contributed by atoms with Gasteiger partial charge in [-0.05, 0) is 47.5 Å². The van der Waals surface area contributed by atoms with Crippen molar-refractivity contribution in [2.24, 2.45) is 0 Å². The van der Waals surface area contributed by atoms with E-state index in [-0.39, 0.29) is 23.0 Å². The van der Waals surface area contributed by atoms with Gasteiger partial charge in [-0.25, -0.2) is 15.0 Å². The zero-order valence-electron chi connectivity index (χ0n) is 31.7. The van der Waals surface area contributed by atoms with E-state index in [0.717, 1.165) is 21.5 Å². The summed E-state index contributed by atoms with van der Waals surface area (Å²) in [4.78, 5) is 14.2. The Morgan fingerprint density at radius 1 is 0.386 bits per heavy atom. The van der Waals surface area contributed by atoms with Gasteiger partial charge in [-0.2, -0.15) is 0 Å². The number of hydrogen-bond acceptors (Lipinski definition) is 5. The van der Waals surface area contributed by atoms with Crippen LogP contribution in [0.2, 0.25) is 0 Å². The molecule has 0 atom stereocenters. The Morgan fingerprint density at radius 2 is 0.818 bits per heavy atom. The molecule has 5 heteroatoms. The molecule has 9 aromatic rings. The third kappa shape index (κ3) is 4.06. The molecule has 0 bridgehead atoms. The minimum absolute atomic E-state index is 0.163. The van der Waals surface area contributed by atoms with Crippen LogP contribution in [0.4, 0.5) is 0 Å². The van der Waals surface area contributed by atoms with E-state index >= 15 is 0 Å². The monoisotopic (exact) mass is 574 g/mol. The number of para-hydroxylation sites is 2. The summed E-state index contributed by atoms with van der Waals surface area (Å²) in [6.45, 7) is 0. The highest BCUT2D eigenvalue weighted by atomic mass is 16.3. The highest BCUT2D eigenvalue weighted by Crippen LogP contribution is 2.35. The molecule has 0 radical (unpaired) electrons. The molecule has 0 amide bonds. The molecule has 0 N–H and O–H groups in total. The molecule has 3 heterocycles. The van der Waals surface area contributed by atoms with Gasteiger partial charge in [0.2, 0.25) is 0 Å². The van der Waals surface area contributed by atoms with Crippen LogP contribution in [-0.2, 0) is 0 Å². The van der Waals surface area contributed by atoms with Gasteiger partial charge in [0.1, 0.15) is 22.3 Å². The summed E-state index contributed by atoms with van der Waals surface area (Å²) < 4.78 is 89.4. The minimum atomic E-state index is -0.656. The van der Waals surface area contributed by atoms with Crippen LogP contribution in [0.5, 0.6) is 0 Å². The van der Waals surface area contributed by atoms with Gasteiger partial charge in [0.25, 0.3) is 0 Å². The van der Waals surface area contributed by atoms with Crippen molar-refractivity contribution < 1.29 is 21.2 Å². The third-order valence-electron chi connectivity index (χ3n) is 7.51. The van der Waals surface area contributed by atoms with Gasteiger partial charge in [-0.15, -0.1) is 0 Å². The van der Waals surface area contributed by atoms with Crippen LogP contribution in [-0.4, -0.2) is 15.0 Å². The van der Waals surface area contributed by atoms with Crippen LogP contribution in [0.25, 0.3) is 89.2 Å². The fourth-order valence-electron chi connectivity index (χ4n) is 5.40. The van der Waals surface area contributed by atoms with Gasteiger partial charge in [0, 0.05) is 38.2 Å². The number of rotatable bonds is 4. The van der Waals surface area contributed by atoms with Gasteiger partial charge < -0.3 is 8.83 Å². The average molecular weight is 575 g/mol. The van der Waals surface area contributed by atoms with E-state index < -0.39 is 65.5 Å². The van der Waals surface area contributed by atoms with Crippen molar-refractivity contribution in [3.05, 3.63) is 139 Å². The number of aromatic nitrogens is 3. The van der Waals surface area contributed by atoms with Gasteiger partial charge in [-0.3, -0.25) is 0 Å². The number of fused-ring (bicyclic) bond motifs is 6. The molecule has 9 rings (SSSR count). The molecule has 3 aromatic heterocycles. The summed E-state index contributed by atoms with van der Waals surface area (Å²) in [5.41, 5.74) is 2.55. The lowest BCUT2D eigenvalue weighted by molar-refractivity contribution is 0.668. The van der Waals surface area contributed by atoms with Gasteiger partial charge in [0.15, 0.2) is 17.5 Å². The Kier molecular flexibility index (Phi) is 3.80. The first-order valence-corrected chi connectivity index (χ1v) is 13.8. The predicted octanol–water partition coefficient (Wildman–Crippen LogP) is 10.3. The first-order chi connectivity index (χ1) is 25.5. The number of hydrogen-bond donors (Lipinski definition) is 0. The zero-order chi connectivity index (χ0) is 36.9. The van der Waals surface area contributed by atoms with E-state index in [4.69, 9.17) is 26.2 Å². The second kappa shape index (κ2) is 9.75. The number of furan rings is 2. The molecule has 0 saturated carbocycles. The largest absolute Gasteiger partial charge is 0.456 e. The average Bonchev–Trinajstić information content (AvgIpc) is 3.74. The van der Waals surface area contributed by atoms with Crippen molar-refractivity contribution in [3.8, 4) is 45.3 Å². The molecule has 0 saturated heterocycles. The van der Waals surface area contributed by atoms with E-state index in [2.05, 4.69) is 9.97 Å². The second-order valence-electron chi connectivity index (χ2n) is 10.2. The number of nitrogens with zero attached hydrogens (tertiary/aromatic N) is 3. The maximum absolute atomic E-state index is 9.07. The molecule has 6 aromatic carbocycles. The Hall–Kier alpha value is -6.07. The molecular formula is C39H23N3O2. The van der Waals surface area contributed by atoms with Gasteiger partial charge in [-0.1, -0.05) is 103 Å². The molecule has 0 fully saturated rings. The van der Waals surface area contributed by atoms with E-state index in [0.29, 0.717) is 33.5 Å². The molecule has 0 spiro atoms.